The number of carbonyl (C=O) groups is 2. The monoisotopic (exact) mass is 487 g/mol. The lowest BCUT2D eigenvalue weighted by atomic mass is 10.0. The SMILES string of the molecule is CC[C@H](C(=O)NC(C)C)N(Cc1ccccc1)C(=O)CN(c1ccc(C(C)C)cc1)S(C)(=O)=O. The van der Waals surface area contributed by atoms with Crippen LogP contribution in [0, 0.1) is 0 Å². The van der Waals surface area contributed by atoms with Gasteiger partial charge in [0, 0.05) is 12.6 Å². The molecule has 0 bridgehead atoms. The lowest BCUT2D eigenvalue weighted by Gasteiger charge is -2.33. The van der Waals surface area contributed by atoms with E-state index in [0.29, 0.717) is 18.0 Å². The molecule has 0 fully saturated rings. The van der Waals surface area contributed by atoms with Gasteiger partial charge in [0.1, 0.15) is 12.6 Å². The van der Waals surface area contributed by atoms with Gasteiger partial charge in [-0.05, 0) is 49.4 Å². The van der Waals surface area contributed by atoms with Gasteiger partial charge in [-0.1, -0.05) is 63.2 Å². The van der Waals surface area contributed by atoms with Gasteiger partial charge in [0.2, 0.25) is 21.8 Å². The van der Waals surface area contributed by atoms with Crippen LogP contribution < -0.4 is 9.62 Å². The molecule has 0 saturated carbocycles. The fourth-order valence-corrected chi connectivity index (χ4v) is 4.57. The van der Waals surface area contributed by atoms with E-state index in [-0.39, 0.29) is 18.5 Å². The standard InChI is InChI=1S/C26H37N3O4S/c1-7-24(26(31)27-20(4)5)28(17-21-11-9-8-10-12-21)25(30)18-29(34(6,32)33)23-15-13-22(14-16-23)19(2)3/h8-16,19-20,24H,7,17-18H2,1-6H3,(H,27,31)/t24-/m1/s1. The van der Waals surface area contributed by atoms with Crippen molar-refractivity contribution in [3.05, 3.63) is 65.7 Å². The fraction of sp³-hybridized carbons (Fsp3) is 0.462. The third-order valence-corrected chi connectivity index (χ3v) is 6.68. The predicted molar refractivity (Wildman–Crippen MR) is 137 cm³/mol. The summed E-state index contributed by atoms with van der Waals surface area (Å²) in [5.74, 6) is -0.393. The van der Waals surface area contributed by atoms with E-state index in [2.05, 4.69) is 19.2 Å². The Bertz CT molecular complexity index is 1050. The molecule has 8 heteroatoms. The number of sulfonamides is 1. The second-order valence-electron chi connectivity index (χ2n) is 9.11. The largest absolute Gasteiger partial charge is 0.352 e. The molecule has 2 aromatic carbocycles. The molecule has 0 saturated heterocycles. The van der Waals surface area contributed by atoms with E-state index in [9.17, 15) is 18.0 Å². The van der Waals surface area contributed by atoms with Gasteiger partial charge in [-0.25, -0.2) is 8.42 Å². The van der Waals surface area contributed by atoms with Crippen molar-refractivity contribution in [1.82, 2.24) is 10.2 Å². The van der Waals surface area contributed by atoms with Gasteiger partial charge in [-0.2, -0.15) is 0 Å². The van der Waals surface area contributed by atoms with Crippen LogP contribution in [0.15, 0.2) is 54.6 Å². The zero-order valence-electron chi connectivity index (χ0n) is 21.0. The summed E-state index contributed by atoms with van der Waals surface area (Å²) in [6, 6.07) is 15.7. The maximum absolute atomic E-state index is 13.6. The first-order valence-electron chi connectivity index (χ1n) is 11.7. The summed E-state index contributed by atoms with van der Waals surface area (Å²) in [5, 5.41) is 2.88. The van der Waals surface area contributed by atoms with E-state index in [4.69, 9.17) is 0 Å². The molecule has 0 radical (unpaired) electrons. The van der Waals surface area contributed by atoms with E-state index < -0.39 is 28.5 Å². The highest BCUT2D eigenvalue weighted by atomic mass is 32.2. The minimum absolute atomic E-state index is 0.0813. The summed E-state index contributed by atoms with van der Waals surface area (Å²) in [7, 11) is -3.74. The average molecular weight is 488 g/mol. The highest BCUT2D eigenvalue weighted by Gasteiger charge is 2.31. The summed E-state index contributed by atoms with van der Waals surface area (Å²) in [6.45, 7) is 9.49. The van der Waals surface area contributed by atoms with Crippen LogP contribution in [0.3, 0.4) is 0 Å². The maximum Gasteiger partial charge on any atom is 0.244 e. The zero-order chi connectivity index (χ0) is 25.5. The maximum atomic E-state index is 13.6. The zero-order valence-corrected chi connectivity index (χ0v) is 21.8. The Morgan fingerprint density at radius 3 is 2.00 bits per heavy atom. The van der Waals surface area contributed by atoms with Gasteiger partial charge < -0.3 is 10.2 Å². The van der Waals surface area contributed by atoms with Crippen molar-refractivity contribution in [3.8, 4) is 0 Å². The van der Waals surface area contributed by atoms with E-state index in [1.54, 1.807) is 12.1 Å². The molecule has 0 aliphatic rings. The van der Waals surface area contributed by atoms with Crippen LogP contribution in [-0.4, -0.2) is 50.0 Å². The van der Waals surface area contributed by atoms with E-state index in [1.807, 2.05) is 63.2 Å². The molecule has 34 heavy (non-hydrogen) atoms. The number of nitrogens with one attached hydrogen (secondary N) is 1. The predicted octanol–water partition coefficient (Wildman–Crippen LogP) is 3.91. The first-order chi connectivity index (χ1) is 15.9. The third-order valence-electron chi connectivity index (χ3n) is 5.54. The lowest BCUT2D eigenvalue weighted by molar-refractivity contribution is -0.140. The number of anilines is 1. The molecule has 186 valence electrons. The molecule has 0 unspecified atom stereocenters. The first-order valence-corrected chi connectivity index (χ1v) is 13.5. The summed E-state index contributed by atoms with van der Waals surface area (Å²) < 4.78 is 26.4. The van der Waals surface area contributed by atoms with Crippen molar-refractivity contribution in [1.29, 1.82) is 0 Å². The van der Waals surface area contributed by atoms with Gasteiger partial charge in [-0.3, -0.25) is 13.9 Å². The van der Waals surface area contributed by atoms with E-state index >= 15 is 0 Å². The molecule has 0 aromatic heterocycles. The first kappa shape index (κ1) is 27.4. The number of hydrogen-bond donors (Lipinski definition) is 1. The molecular weight excluding hydrogens is 450 g/mol. The Morgan fingerprint density at radius 2 is 1.53 bits per heavy atom. The van der Waals surface area contributed by atoms with Gasteiger partial charge in [0.05, 0.1) is 11.9 Å². The molecule has 1 atom stereocenters. The molecule has 0 aliphatic carbocycles. The van der Waals surface area contributed by atoms with E-state index in [1.165, 1.54) is 4.90 Å². The second-order valence-corrected chi connectivity index (χ2v) is 11.0. The number of rotatable bonds is 11. The highest BCUT2D eigenvalue weighted by molar-refractivity contribution is 7.92. The van der Waals surface area contributed by atoms with Gasteiger partial charge >= 0.3 is 0 Å². The molecule has 2 rings (SSSR count). The molecule has 0 heterocycles. The fourth-order valence-electron chi connectivity index (χ4n) is 3.72. The minimum atomic E-state index is -3.74. The molecule has 0 spiro atoms. The van der Waals surface area contributed by atoms with Crippen molar-refractivity contribution < 1.29 is 18.0 Å². The van der Waals surface area contributed by atoms with Gasteiger partial charge in [0.25, 0.3) is 0 Å². The van der Waals surface area contributed by atoms with Crippen LogP contribution >= 0.6 is 0 Å². The average Bonchev–Trinajstić information content (AvgIpc) is 2.76. The molecule has 0 aliphatic heterocycles. The number of benzene rings is 2. The van der Waals surface area contributed by atoms with Crippen molar-refractivity contribution in [2.45, 2.75) is 65.6 Å². The topological polar surface area (TPSA) is 86.8 Å². The quantitative estimate of drug-likeness (QED) is 0.521. The van der Waals surface area contributed by atoms with Crippen LogP contribution in [0.5, 0.6) is 0 Å². The van der Waals surface area contributed by atoms with Crippen molar-refractivity contribution in [3.63, 3.8) is 0 Å². The number of nitrogens with zero attached hydrogens (tertiary/aromatic N) is 2. The Hall–Kier alpha value is -2.87. The Balaban J connectivity index is 2.41. The summed E-state index contributed by atoms with van der Waals surface area (Å²) >= 11 is 0. The number of amides is 2. The lowest BCUT2D eigenvalue weighted by Crippen LogP contribution is -2.53. The van der Waals surface area contributed by atoms with Crippen molar-refractivity contribution >= 4 is 27.5 Å². The Labute approximate surface area is 204 Å². The van der Waals surface area contributed by atoms with Crippen LogP contribution in [0.4, 0.5) is 5.69 Å². The second kappa shape index (κ2) is 12.0. The molecule has 7 nitrogen and oxygen atoms in total. The van der Waals surface area contributed by atoms with Crippen LogP contribution in [-0.2, 0) is 26.2 Å². The van der Waals surface area contributed by atoms with E-state index in [0.717, 1.165) is 21.7 Å². The number of carbonyl (C=O) groups excluding carboxylic acids is 2. The van der Waals surface area contributed by atoms with Gasteiger partial charge in [-0.15, -0.1) is 0 Å². The van der Waals surface area contributed by atoms with Crippen LogP contribution in [0.1, 0.15) is 58.1 Å². The van der Waals surface area contributed by atoms with Crippen LogP contribution in [0.2, 0.25) is 0 Å². The third kappa shape index (κ3) is 7.58. The van der Waals surface area contributed by atoms with Crippen molar-refractivity contribution in [2.75, 3.05) is 17.1 Å². The van der Waals surface area contributed by atoms with Crippen molar-refractivity contribution in [2.24, 2.45) is 0 Å². The highest BCUT2D eigenvalue weighted by Crippen LogP contribution is 2.23. The minimum Gasteiger partial charge on any atom is -0.352 e. The summed E-state index contributed by atoms with van der Waals surface area (Å²) in [6.07, 6.45) is 1.49. The number of hydrogen-bond acceptors (Lipinski definition) is 4. The Morgan fingerprint density at radius 1 is 0.941 bits per heavy atom. The summed E-state index contributed by atoms with van der Waals surface area (Å²) in [5.41, 5.74) is 2.35. The molecule has 1 N–H and O–H groups in total. The normalized spacial score (nSPS) is 12.5. The smallest absolute Gasteiger partial charge is 0.244 e. The molecule has 2 aromatic rings. The summed E-state index contributed by atoms with van der Waals surface area (Å²) in [4.78, 5) is 28.0. The van der Waals surface area contributed by atoms with Crippen LogP contribution in [0.25, 0.3) is 0 Å². The van der Waals surface area contributed by atoms with Gasteiger partial charge in [0.15, 0.2) is 0 Å². The molecule has 2 amide bonds. The Kier molecular flexibility index (Phi) is 9.67. The molecular formula is C26H37N3O4S.